The Bertz CT molecular complexity index is 83.1. The van der Waals surface area contributed by atoms with Crippen LogP contribution >= 0.6 is 0 Å². The van der Waals surface area contributed by atoms with Gasteiger partial charge in [0.05, 0.1) is 0 Å². The quantitative estimate of drug-likeness (QED) is 0.535. The van der Waals surface area contributed by atoms with Gasteiger partial charge in [-0.05, 0) is 5.92 Å². The summed E-state index contributed by atoms with van der Waals surface area (Å²) in [5.41, 5.74) is 0. The van der Waals surface area contributed by atoms with E-state index in [0.717, 1.165) is 0 Å². The van der Waals surface area contributed by atoms with Gasteiger partial charge in [0.25, 0.3) is 0 Å². The molecule has 0 aromatic carbocycles. The maximum atomic E-state index is 11.4. The monoisotopic (exact) mass is 142 g/mol. The molecule has 0 N–H and O–H groups in total. The summed E-state index contributed by atoms with van der Waals surface area (Å²) in [6, 6.07) is 0. The van der Waals surface area contributed by atoms with Crippen LogP contribution < -0.4 is 0 Å². The molecule has 0 heterocycles. The zero-order chi connectivity index (χ0) is 6.57. The fraction of sp³-hybridized carbons (Fsp3) is 0.833. The molecule has 0 unspecified atom stereocenters. The van der Waals surface area contributed by atoms with E-state index in [1.165, 1.54) is 0 Å². The maximum absolute atomic E-state index is 11.4. The van der Waals surface area contributed by atoms with E-state index >= 15 is 0 Å². The molecular weight excluding hydrogens is 130 g/mol. The van der Waals surface area contributed by atoms with Crippen LogP contribution in [0.5, 0.6) is 0 Å². The number of hydrogen-bond donors (Lipinski definition) is 0. The van der Waals surface area contributed by atoms with Crippen LogP contribution in [0.3, 0.4) is 0 Å². The standard InChI is InChI=1S/C6H11FO.Na.H/c1-5(2)3-6(8)4-7;;/h5H,3-4H2,1-2H3;;. The molecule has 0 aromatic heterocycles. The molecule has 0 aromatic rings. The van der Waals surface area contributed by atoms with Crippen molar-refractivity contribution < 1.29 is 9.18 Å². The van der Waals surface area contributed by atoms with Crippen molar-refractivity contribution in [2.24, 2.45) is 5.92 Å². The van der Waals surface area contributed by atoms with Gasteiger partial charge >= 0.3 is 29.6 Å². The molecule has 3 heteroatoms. The van der Waals surface area contributed by atoms with E-state index in [-0.39, 0.29) is 35.3 Å². The summed E-state index contributed by atoms with van der Waals surface area (Å²) in [5.74, 6) is -0.00162. The zero-order valence-corrected chi connectivity index (χ0v) is 5.28. The van der Waals surface area contributed by atoms with Crippen LogP contribution in [0.25, 0.3) is 0 Å². The average molecular weight is 142 g/mol. The minimum atomic E-state index is -0.807. The molecule has 0 amide bonds. The summed E-state index contributed by atoms with van der Waals surface area (Å²) in [6.45, 7) is 2.99. The van der Waals surface area contributed by atoms with Crippen LogP contribution in [-0.4, -0.2) is 42.0 Å². The predicted octanol–water partition coefficient (Wildman–Crippen LogP) is 0.923. The van der Waals surface area contributed by atoms with Crippen molar-refractivity contribution in [1.29, 1.82) is 0 Å². The fourth-order valence-corrected chi connectivity index (χ4v) is 0.510. The Hall–Kier alpha value is 0.600. The van der Waals surface area contributed by atoms with Crippen molar-refractivity contribution in [1.82, 2.24) is 0 Å². The summed E-state index contributed by atoms with van der Waals surface area (Å²) < 4.78 is 11.4. The van der Waals surface area contributed by atoms with Gasteiger partial charge in [-0.2, -0.15) is 0 Å². The van der Waals surface area contributed by atoms with Gasteiger partial charge in [-0.3, -0.25) is 4.79 Å². The molecule has 0 fully saturated rings. The second kappa shape index (κ2) is 6.72. The van der Waals surface area contributed by atoms with E-state index in [4.69, 9.17) is 0 Å². The molecule has 0 aliphatic rings. The number of rotatable bonds is 3. The Labute approximate surface area is 77.3 Å². The van der Waals surface area contributed by atoms with E-state index in [1.54, 1.807) is 0 Å². The molecular formula is C6H12FNaO. The van der Waals surface area contributed by atoms with Gasteiger partial charge in [0.15, 0.2) is 5.78 Å². The van der Waals surface area contributed by atoms with Crippen LogP contribution in [0.1, 0.15) is 20.3 Å². The van der Waals surface area contributed by atoms with Crippen molar-refractivity contribution in [2.75, 3.05) is 6.67 Å². The van der Waals surface area contributed by atoms with E-state index in [2.05, 4.69) is 0 Å². The normalized spacial score (nSPS) is 8.89. The van der Waals surface area contributed by atoms with Crippen LogP contribution in [0.4, 0.5) is 4.39 Å². The Kier molecular flexibility index (Phi) is 9.17. The van der Waals surface area contributed by atoms with Crippen molar-refractivity contribution in [2.45, 2.75) is 20.3 Å². The van der Waals surface area contributed by atoms with Gasteiger partial charge in [0, 0.05) is 6.42 Å². The molecule has 0 spiro atoms. The van der Waals surface area contributed by atoms with Gasteiger partial charge in [-0.1, -0.05) is 13.8 Å². The number of hydrogen-bond acceptors (Lipinski definition) is 1. The molecule has 0 bridgehead atoms. The van der Waals surface area contributed by atoms with Gasteiger partial charge in [0.2, 0.25) is 0 Å². The van der Waals surface area contributed by atoms with E-state index in [1.807, 2.05) is 13.8 Å². The van der Waals surface area contributed by atoms with Crippen LogP contribution in [0, 0.1) is 5.92 Å². The van der Waals surface area contributed by atoms with Gasteiger partial charge in [-0.25, -0.2) is 4.39 Å². The first-order valence-electron chi connectivity index (χ1n) is 2.74. The Morgan fingerprint density at radius 2 is 2.00 bits per heavy atom. The second-order valence-corrected chi connectivity index (χ2v) is 2.27. The first-order chi connectivity index (χ1) is 3.66. The summed E-state index contributed by atoms with van der Waals surface area (Å²) in [7, 11) is 0. The summed E-state index contributed by atoms with van der Waals surface area (Å²) >= 11 is 0. The Balaban J connectivity index is 0. The molecule has 0 saturated heterocycles. The van der Waals surface area contributed by atoms with Crippen LogP contribution in [0.15, 0.2) is 0 Å². The molecule has 50 valence electrons. The Morgan fingerprint density at radius 1 is 1.56 bits per heavy atom. The molecule has 0 rings (SSSR count). The molecule has 0 atom stereocenters. The van der Waals surface area contributed by atoms with Gasteiger partial charge < -0.3 is 0 Å². The predicted molar refractivity (Wildman–Crippen MR) is 37.6 cm³/mol. The topological polar surface area (TPSA) is 17.1 Å². The second-order valence-electron chi connectivity index (χ2n) is 2.27. The fourth-order valence-electron chi connectivity index (χ4n) is 0.510. The summed E-state index contributed by atoms with van der Waals surface area (Å²) in [4.78, 5) is 10.2. The molecule has 0 aliphatic carbocycles. The molecule has 0 saturated carbocycles. The average Bonchev–Trinajstić information content (AvgIpc) is 1.65. The number of carbonyl (C=O) groups is 1. The zero-order valence-electron chi connectivity index (χ0n) is 5.28. The van der Waals surface area contributed by atoms with Crippen LogP contribution in [-0.2, 0) is 4.79 Å². The third-order valence-electron chi connectivity index (χ3n) is 0.785. The molecule has 0 radical (unpaired) electrons. The van der Waals surface area contributed by atoms with E-state index < -0.39 is 6.67 Å². The molecule has 0 aliphatic heterocycles. The SMILES string of the molecule is CC(C)CC(=O)CF.[NaH]. The first kappa shape index (κ1) is 12.3. The Morgan fingerprint density at radius 3 is 2.11 bits per heavy atom. The first-order valence-corrected chi connectivity index (χ1v) is 2.74. The van der Waals surface area contributed by atoms with Gasteiger partial charge in [0.1, 0.15) is 6.67 Å². The molecule has 9 heavy (non-hydrogen) atoms. The van der Waals surface area contributed by atoms with E-state index in [0.29, 0.717) is 12.3 Å². The number of alkyl halides is 1. The van der Waals surface area contributed by atoms with Crippen LogP contribution in [0.2, 0.25) is 0 Å². The van der Waals surface area contributed by atoms with Crippen molar-refractivity contribution in [3.63, 3.8) is 0 Å². The minimum absolute atomic E-state index is 0. The third-order valence-corrected chi connectivity index (χ3v) is 0.785. The third kappa shape index (κ3) is 8.60. The van der Waals surface area contributed by atoms with E-state index in [9.17, 15) is 9.18 Å². The number of ketones is 1. The summed E-state index contributed by atoms with van der Waals surface area (Å²) in [6.07, 6.45) is 0.372. The molecule has 1 nitrogen and oxygen atoms in total. The number of carbonyl (C=O) groups excluding carboxylic acids is 1. The number of halogens is 1. The number of Topliss-reactive ketones (excluding diaryl/α,β-unsaturated/α-hetero) is 1. The summed E-state index contributed by atoms with van der Waals surface area (Å²) in [5, 5.41) is 0. The van der Waals surface area contributed by atoms with Crippen molar-refractivity contribution >= 4 is 35.3 Å². The van der Waals surface area contributed by atoms with Gasteiger partial charge in [-0.15, -0.1) is 0 Å². The van der Waals surface area contributed by atoms with Crippen molar-refractivity contribution in [3.05, 3.63) is 0 Å². The van der Waals surface area contributed by atoms with Crippen molar-refractivity contribution in [3.8, 4) is 0 Å².